The molecule has 1 aromatic carbocycles. The van der Waals surface area contributed by atoms with E-state index in [1.807, 2.05) is 6.92 Å². The lowest BCUT2D eigenvalue weighted by atomic mass is 10.0. The van der Waals surface area contributed by atoms with Gasteiger partial charge in [-0.3, -0.25) is 0 Å². The molecule has 88 valence electrons. The Morgan fingerprint density at radius 2 is 2.25 bits per heavy atom. The highest BCUT2D eigenvalue weighted by Gasteiger charge is 2.29. The Hall–Kier alpha value is -1.00. The summed E-state index contributed by atoms with van der Waals surface area (Å²) in [6.07, 6.45) is 0.893. The maximum atomic E-state index is 13.4. The van der Waals surface area contributed by atoms with Gasteiger partial charge in [0.05, 0.1) is 6.61 Å². The second-order valence-corrected chi connectivity index (χ2v) is 4.43. The van der Waals surface area contributed by atoms with Gasteiger partial charge in [-0.05, 0) is 19.4 Å². The lowest BCUT2D eigenvalue weighted by molar-refractivity contribution is 0.171. The van der Waals surface area contributed by atoms with E-state index in [2.05, 4.69) is 5.32 Å². The van der Waals surface area contributed by atoms with E-state index in [-0.39, 0.29) is 5.54 Å². The summed E-state index contributed by atoms with van der Waals surface area (Å²) in [6, 6.07) is 4.23. The quantitative estimate of drug-likeness (QED) is 0.855. The largest absolute Gasteiger partial charge is 0.379 e. The third-order valence-corrected chi connectivity index (χ3v) is 2.96. The van der Waals surface area contributed by atoms with E-state index in [4.69, 9.17) is 4.74 Å². The molecule has 2 nitrogen and oxygen atoms in total. The van der Waals surface area contributed by atoms with E-state index in [0.29, 0.717) is 18.7 Å². The Kier molecular flexibility index (Phi) is 3.21. The van der Waals surface area contributed by atoms with Crippen LogP contribution in [0, 0.1) is 11.6 Å². The summed E-state index contributed by atoms with van der Waals surface area (Å²) in [4.78, 5) is 0. The van der Waals surface area contributed by atoms with Crippen LogP contribution in [-0.2, 0) is 11.3 Å². The molecular weight excluding hydrogens is 212 g/mol. The zero-order valence-electron chi connectivity index (χ0n) is 9.22. The molecule has 16 heavy (non-hydrogen) atoms. The van der Waals surface area contributed by atoms with Gasteiger partial charge in [-0.25, -0.2) is 8.78 Å². The number of nitrogens with one attached hydrogen (secondary N) is 1. The van der Waals surface area contributed by atoms with Gasteiger partial charge in [-0.2, -0.15) is 0 Å². The van der Waals surface area contributed by atoms with Crippen LogP contribution in [0.5, 0.6) is 0 Å². The Morgan fingerprint density at radius 1 is 1.44 bits per heavy atom. The maximum absolute atomic E-state index is 13.4. The Bertz CT molecular complexity index is 375. The molecule has 1 aliphatic rings. The van der Waals surface area contributed by atoms with E-state index >= 15 is 0 Å². The van der Waals surface area contributed by atoms with Crippen molar-refractivity contribution in [3.05, 3.63) is 35.4 Å². The number of halogens is 2. The van der Waals surface area contributed by atoms with Gasteiger partial charge in [-0.15, -0.1) is 0 Å². The van der Waals surface area contributed by atoms with Gasteiger partial charge < -0.3 is 10.1 Å². The smallest absolute Gasteiger partial charge is 0.163 e. The van der Waals surface area contributed by atoms with Crippen molar-refractivity contribution in [2.75, 3.05) is 13.2 Å². The minimum Gasteiger partial charge on any atom is -0.379 e. The molecular formula is C12H15F2NO. The van der Waals surface area contributed by atoms with Gasteiger partial charge in [0.25, 0.3) is 0 Å². The number of ether oxygens (including phenoxy) is 1. The number of rotatable bonds is 3. The second kappa shape index (κ2) is 4.47. The van der Waals surface area contributed by atoms with Crippen molar-refractivity contribution >= 4 is 0 Å². The minimum atomic E-state index is -0.799. The Morgan fingerprint density at radius 3 is 2.94 bits per heavy atom. The predicted octanol–water partition coefficient (Wildman–Crippen LogP) is 2.23. The van der Waals surface area contributed by atoms with E-state index in [1.54, 1.807) is 6.07 Å². The first-order valence-electron chi connectivity index (χ1n) is 5.36. The lowest BCUT2D eigenvalue weighted by Crippen LogP contribution is -2.42. The molecule has 0 radical (unpaired) electrons. The minimum absolute atomic E-state index is 0.126. The molecule has 1 N–H and O–H groups in total. The summed E-state index contributed by atoms with van der Waals surface area (Å²) < 4.78 is 31.6. The Labute approximate surface area is 93.6 Å². The molecule has 0 bridgehead atoms. The monoisotopic (exact) mass is 227 g/mol. The number of hydrogen-bond acceptors (Lipinski definition) is 2. The van der Waals surface area contributed by atoms with Crippen LogP contribution in [0.25, 0.3) is 0 Å². The topological polar surface area (TPSA) is 21.3 Å². The van der Waals surface area contributed by atoms with Crippen molar-refractivity contribution in [3.63, 3.8) is 0 Å². The molecule has 0 aromatic heterocycles. The van der Waals surface area contributed by atoms with Gasteiger partial charge >= 0.3 is 0 Å². The molecule has 1 heterocycles. The summed E-state index contributed by atoms with van der Waals surface area (Å²) >= 11 is 0. The lowest BCUT2D eigenvalue weighted by Gasteiger charge is -2.23. The standard InChI is InChI=1S/C12H15F2NO/c1-12(5-6-16-8-12)15-7-9-3-2-4-10(13)11(9)14/h2-4,15H,5-8H2,1H3. The van der Waals surface area contributed by atoms with Crippen LogP contribution in [0.3, 0.4) is 0 Å². The van der Waals surface area contributed by atoms with Crippen molar-refractivity contribution in [2.24, 2.45) is 0 Å². The summed E-state index contributed by atoms with van der Waals surface area (Å²) in [5.41, 5.74) is 0.229. The van der Waals surface area contributed by atoms with Crippen LogP contribution in [0.1, 0.15) is 18.9 Å². The first-order valence-corrected chi connectivity index (χ1v) is 5.36. The zero-order chi connectivity index (χ0) is 11.6. The van der Waals surface area contributed by atoms with Gasteiger partial charge in [0.15, 0.2) is 11.6 Å². The van der Waals surface area contributed by atoms with Crippen molar-refractivity contribution in [1.29, 1.82) is 0 Å². The molecule has 0 amide bonds. The fourth-order valence-electron chi connectivity index (χ4n) is 1.80. The van der Waals surface area contributed by atoms with Gasteiger partial charge in [-0.1, -0.05) is 12.1 Å². The average Bonchev–Trinajstić information content (AvgIpc) is 2.68. The van der Waals surface area contributed by atoms with Crippen LogP contribution in [-0.4, -0.2) is 18.8 Å². The molecule has 1 unspecified atom stereocenters. The number of benzene rings is 1. The van der Waals surface area contributed by atoms with E-state index < -0.39 is 11.6 Å². The van der Waals surface area contributed by atoms with Gasteiger partial charge in [0.2, 0.25) is 0 Å². The predicted molar refractivity (Wildman–Crippen MR) is 57.0 cm³/mol. The molecule has 2 rings (SSSR count). The molecule has 1 fully saturated rings. The highest BCUT2D eigenvalue weighted by Crippen LogP contribution is 2.19. The fourth-order valence-corrected chi connectivity index (χ4v) is 1.80. The normalized spacial score (nSPS) is 24.9. The number of hydrogen-bond donors (Lipinski definition) is 1. The molecule has 0 spiro atoms. The van der Waals surface area contributed by atoms with Crippen LogP contribution in [0.15, 0.2) is 18.2 Å². The molecule has 1 atom stereocenters. The van der Waals surface area contributed by atoms with Crippen LogP contribution < -0.4 is 5.32 Å². The van der Waals surface area contributed by atoms with Crippen LogP contribution in [0.2, 0.25) is 0 Å². The highest BCUT2D eigenvalue weighted by atomic mass is 19.2. The molecule has 1 aliphatic heterocycles. The first kappa shape index (κ1) is 11.5. The van der Waals surface area contributed by atoms with Crippen molar-refractivity contribution in [1.82, 2.24) is 5.32 Å². The fraction of sp³-hybridized carbons (Fsp3) is 0.500. The maximum Gasteiger partial charge on any atom is 0.163 e. The van der Waals surface area contributed by atoms with Crippen LogP contribution in [0.4, 0.5) is 8.78 Å². The SMILES string of the molecule is CC1(NCc2cccc(F)c2F)CCOC1. The summed E-state index contributed by atoms with van der Waals surface area (Å²) in [7, 11) is 0. The highest BCUT2D eigenvalue weighted by molar-refractivity contribution is 5.19. The average molecular weight is 227 g/mol. The van der Waals surface area contributed by atoms with E-state index in [0.717, 1.165) is 19.1 Å². The van der Waals surface area contributed by atoms with Gasteiger partial charge in [0, 0.05) is 24.3 Å². The molecule has 1 aromatic rings. The van der Waals surface area contributed by atoms with E-state index in [9.17, 15) is 8.78 Å². The summed E-state index contributed by atoms with van der Waals surface area (Å²) in [5.74, 6) is -1.57. The zero-order valence-corrected chi connectivity index (χ0v) is 9.22. The first-order chi connectivity index (χ1) is 7.61. The van der Waals surface area contributed by atoms with Crippen LogP contribution >= 0.6 is 0 Å². The molecule has 1 saturated heterocycles. The summed E-state index contributed by atoms with van der Waals surface area (Å²) in [6.45, 7) is 3.68. The van der Waals surface area contributed by atoms with Gasteiger partial charge in [0.1, 0.15) is 0 Å². The van der Waals surface area contributed by atoms with Crippen molar-refractivity contribution in [2.45, 2.75) is 25.4 Å². The third kappa shape index (κ3) is 2.39. The molecule has 4 heteroatoms. The van der Waals surface area contributed by atoms with Crippen molar-refractivity contribution < 1.29 is 13.5 Å². The third-order valence-electron chi connectivity index (χ3n) is 2.96. The van der Waals surface area contributed by atoms with E-state index in [1.165, 1.54) is 6.07 Å². The molecule has 0 aliphatic carbocycles. The molecule has 0 saturated carbocycles. The van der Waals surface area contributed by atoms with Crippen molar-refractivity contribution in [3.8, 4) is 0 Å². The Balaban J connectivity index is 2.02. The second-order valence-electron chi connectivity index (χ2n) is 4.43. The summed E-state index contributed by atoms with van der Waals surface area (Å²) in [5, 5.41) is 3.21.